The Morgan fingerprint density at radius 1 is 0.529 bits per heavy atom. The van der Waals surface area contributed by atoms with Crippen LogP contribution in [0.25, 0.3) is 21.5 Å². The second-order valence-electron chi connectivity index (χ2n) is 9.50. The fraction of sp³-hybridized carbons (Fsp3) is 0.188. The van der Waals surface area contributed by atoms with Gasteiger partial charge in [-0.05, 0) is 74.8 Å². The third kappa shape index (κ3) is 3.79. The molecule has 1 aliphatic rings. The maximum atomic E-state index is 2.49. The molecule has 0 unspecified atom stereocenters. The van der Waals surface area contributed by atoms with E-state index >= 15 is 0 Å². The van der Waals surface area contributed by atoms with Gasteiger partial charge >= 0.3 is 0 Å². The van der Waals surface area contributed by atoms with Gasteiger partial charge in [0.2, 0.25) is 0 Å². The second kappa shape index (κ2) is 9.26. The molecule has 0 aromatic heterocycles. The van der Waals surface area contributed by atoms with Crippen molar-refractivity contribution in [1.82, 2.24) is 0 Å². The van der Waals surface area contributed by atoms with Crippen molar-refractivity contribution < 1.29 is 0 Å². The fourth-order valence-electron chi connectivity index (χ4n) is 5.74. The van der Waals surface area contributed by atoms with Gasteiger partial charge in [0.05, 0.1) is 0 Å². The zero-order chi connectivity index (χ0) is 23.1. The van der Waals surface area contributed by atoms with Crippen LogP contribution in [0.3, 0.4) is 0 Å². The van der Waals surface area contributed by atoms with E-state index in [0.29, 0.717) is 0 Å². The normalized spacial score (nSPS) is 18.8. The maximum absolute atomic E-state index is 2.49. The summed E-state index contributed by atoms with van der Waals surface area (Å²) in [6.45, 7) is 4.98. The highest BCUT2D eigenvalue weighted by Crippen LogP contribution is 2.55. The van der Waals surface area contributed by atoms with Crippen molar-refractivity contribution in [2.45, 2.75) is 38.0 Å². The van der Waals surface area contributed by atoms with E-state index in [0.717, 1.165) is 11.3 Å². The molecule has 0 spiro atoms. The van der Waals surface area contributed by atoms with Gasteiger partial charge in [-0.1, -0.05) is 131 Å². The minimum Gasteiger partial charge on any atom is -0.0688 e. The highest BCUT2D eigenvalue weighted by molar-refractivity contribution is 7.82. The van der Waals surface area contributed by atoms with Crippen molar-refractivity contribution in [2.75, 3.05) is 0 Å². The fourth-order valence-corrected chi connectivity index (χ4v) is 12.3. The van der Waals surface area contributed by atoms with Crippen LogP contribution >= 0.6 is 15.8 Å². The Morgan fingerprint density at radius 2 is 0.971 bits per heavy atom. The number of benzene rings is 5. The van der Waals surface area contributed by atoms with Gasteiger partial charge in [0.25, 0.3) is 0 Å². The lowest BCUT2D eigenvalue weighted by atomic mass is 10.1. The van der Waals surface area contributed by atoms with Crippen LogP contribution in [0.2, 0.25) is 0 Å². The molecule has 1 aliphatic heterocycles. The van der Waals surface area contributed by atoms with Gasteiger partial charge in [0, 0.05) is 0 Å². The predicted octanol–water partition coefficient (Wildman–Crippen LogP) is 7.43. The number of hydrogen-bond acceptors (Lipinski definition) is 0. The molecule has 5 aromatic rings. The number of rotatable bonds is 4. The van der Waals surface area contributed by atoms with E-state index in [1.807, 2.05) is 0 Å². The number of hydrogen-bond donors (Lipinski definition) is 0. The molecule has 0 radical (unpaired) electrons. The van der Waals surface area contributed by atoms with E-state index in [-0.39, 0.29) is 7.92 Å². The smallest absolute Gasteiger partial charge is 0.00722 e. The standard InChI is InChI=1S/C32H30P2/c1-23-21-22-24(2)33(23)31-17-7-8-18-32(31)34(29-19-9-13-25-11-3-5-15-27(25)29)30-20-10-14-26-12-4-6-16-28(26)30/h3-20,23-24H,21-22H2,1-2H3/t23-,24-/m0/s1. The Morgan fingerprint density at radius 3 is 1.56 bits per heavy atom. The molecule has 0 nitrogen and oxygen atoms in total. The van der Waals surface area contributed by atoms with Crippen LogP contribution in [0.5, 0.6) is 0 Å². The lowest BCUT2D eigenvalue weighted by Gasteiger charge is -2.30. The van der Waals surface area contributed by atoms with Crippen LogP contribution in [0.1, 0.15) is 26.7 Å². The third-order valence-electron chi connectivity index (χ3n) is 7.37. The first kappa shape index (κ1) is 22.0. The van der Waals surface area contributed by atoms with Gasteiger partial charge in [-0.3, -0.25) is 0 Å². The first-order chi connectivity index (χ1) is 16.7. The average molecular weight is 477 g/mol. The van der Waals surface area contributed by atoms with Crippen LogP contribution < -0.4 is 21.2 Å². The summed E-state index contributed by atoms with van der Waals surface area (Å²) in [5.74, 6) is 0. The summed E-state index contributed by atoms with van der Waals surface area (Å²) in [6, 6.07) is 41.1. The van der Waals surface area contributed by atoms with Crippen LogP contribution in [0, 0.1) is 0 Å². The van der Waals surface area contributed by atoms with Gasteiger partial charge in [-0.2, -0.15) is 0 Å². The molecular weight excluding hydrogens is 446 g/mol. The topological polar surface area (TPSA) is 0 Å². The molecular formula is C32H30P2. The zero-order valence-corrected chi connectivity index (χ0v) is 21.6. The monoisotopic (exact) mass is 476 g/mol. The lowest BCUT2D eigenvalue weighted by molar-refractivity contribution is 0.777. The summed E-state index contributed by atoms with van der Waals surface area (Å²) in [4.78, 5) is 0. The predicted molar refractivity (Wildman–Crippen MR) is 155 cm³/mol. The van der Waals surface area contributed by atoms with E-state index in [1.54, 1.807) is 10.6 Å². The highest BCUT2D eigenvalue weighted by atomic mass is 31.1. The molecule has 0 saturated carbocycles. The molecule has 1 heterocycles. The van der Waals surface area contributed by atoms with Gasteiger partial charge in [-0.25, -0.2) is 0 Å². The average Bonchev–Trinajstić information content (AvgIpc) is 3.22. The molecule has 0 amide bonds. The number of fused-ring (bicyclic) bond motifs is 2. The minimum absolute atomic E-state index is 0.167. The van der Waals surface area contributed by atoms with Crippen LogP contribution in [0.15, 0.2) is 109 Å². The van der Waals surface area contributed by atoms with E-state index in [9.17, 15) is 0 Å². The largest absolute Gasteiger partial charge is 0.0688 e. The third-order valence-corrected chi connectivity index (χ3v) is 13.5. The molecule has 0 aliphatic carbocycles. The quantitative estimate of drug-likeness (QED) is 0.237. The van der Waals surface area contributed by atoms with Crippen LogP contribution in [-0.2, 0) is 0 Å². The molecule has 1 fully saturated rings. The van der Waals surface area contributed by atoms with Gasteiger partial charge in [0.1, 0.15) is 0 Å². The Hall–Kier alpha value is -2.52. The molecule has 5 aromatic carbocycles. The zero-order valence-electron chi connectivity index (χ0n) is 19.9. The second-order valence-corrected chi connectivity index (χ2v) is 14.7. The maximum Gasteiger partial charge on any atom is -0.00722 e. The van der Waals surface area contributed by atoms with E-state index < -0.39 is 7.92 Å². The van der Waals surface area contributed by atoms with E-state index in [2.05, 4.69) is 123 Å². The molecule has 2 heteroatoms. The van der Waals surface area contributed by atoms with Crippen molar-refractivity contribution in [2.24, 2.45) is 0 Å². The molecule has 0 bridgehead atoms. The van der Waals surface area contributed by atoms with Gasteiger partial charge < -0.3 is 0 Å². The molecule has 2 atom stereocenters. The SMILES string of the molecule is C[C@H]1CC[C@H](C)P1c1ccccc1P(c1cccc2ccccc12)c1cccc2ccccc12. The first-order valence-corrected chi connectivity index (χ1v) is 15.2. The molecule has 34 heavy (non-hydrogen) atoms. The van der Waals surface area contributed by atoms with Gasteiger partial charge in [-0.15, -0.1) is 0 Å². The Labute approximate surface area is 205 Å². The Bertz CT molecular complexity index is 1370. The molecule has 1 saturated heterocycles. The summed E-state index contributed by atoms with van der Waals surface area (Å²) < 4.78 is 0. The molecule has 0 N–H and O–H groups in total. The summed E-state index contributed by atoms with van der Waals surface area (Å²) >= 11 is 0. The summed E-state index contributed by atoms with van der Waals surface area (Å²) in [5.41, 5.74) is 1.59. The Kier molecular flexibility index (Phi) is 5.99. The van der Waals surface area contributed by atoms with Gasteiger partial charge in [0.15, 0.2) is 0 Å². The van der Waals surface area contributed by atoms with Crippen LogP contribution in [0.4, 0.5) is 0 Å². The van der Waals surface area contributed by atoms with Crippen molar-refractivity contribution in [3.05, 3.63) is 109 Å². The minimum atomic E-state index is -0.704. The van der Waals surface area contributed by atoms with Crippen molar-refractivity contribution in [1.29, 1.82) is 0 Å². The van der Waals surface area contributed by atoms with E-state index in [1.165, 1.54) is 45.0 Å². The van der Waals surface area contributed by atoms with Crippen molar-refractivity contribution in [3.63, 3.8) is 0 Å². The van der Waals surface area contributed by atoms with Crippen molar-refractivity contribution >= 4 is 58.6 Å². The highest BCUT2D eigenvalue weighted by Gasteiger charge is 2.34. The molecule has 6 rings (SSSR count). The Balaban J connectivity index is 1.67. The summed E-state index contributed by atoms with van der Waals surface area (Å²) in [7, 11) is -0.871. The van der Waals surface area contributed by atoms with Crippen LogP contribution in [-0.4, -0.2) is 11.3 Å². The molecule has 168 valence electrons. The summed E-state index contributed by atoms with van der Waals surface area (Å²) in [5, 5.41) is 11.6. The van der Waals surface area contributed by atoms with Crippen molar-refractivity contribution in [3.8, 4) is 0 Å². The lowest BCUT2D eigenvalue weighted by Crippen LogP contribution is -2.32. The first-order valence-electron chi connectivity index (χ1n) is 12.4. The summed E-state index contributed by atoms with van der Waals surface area (Å²) in [6.07, 6.45) is 2.73. The van der Waals surface area contributed by atoms with E-state index in [4.69, 9.17) is 0 Å².